The van der Waals surface area contributed by atoms with Gasteiger partial charge in [-0.3, -0.25) is 4.99 Å². The second-order valence-electron chi connectivity index (χ2n) is 7.98. The van der Waals surface area contributed by atoms with E-state index in [9.17, 15) is 8.42 Å². The molecule has 1 saturated carbocycles. The number of aromatic nitrogens is 2. The van der Waals surface area contributed by atoms with Crippen LogP contribution in [0.1, 0.15) is 43.2 Å². The van der Waals surface area contributed by atoms with Crippen molar-refractivity contribution in [2.24, 2.45) is 10.9 Å². The van der Waals surface area contributed by atoms with Crippen LogP contribution in [0.15, 0.2) is 52.6 Å². The highest BCUT2D eigenvalue weighted by atomic mass is 35.5. The van der Waals surface area contributed by atoms with Crippen LogP contribution in [0.2, 0.25) is 5.02 Å². The van der Waals surface area contributed by atoms with Crippen LogP contribution in [0.5, 0.6) is 0 Å². The van der Waals surface area contributed by atoms with E-state index in [-0.39, 0.29) is 29.1 Å². The molecule has 0 amide bonds. The van der Waals surface area contributed by atoms with Crippen LogP contribution in [0.3, 0.4) is 0 Å². The molecule has 152 valence electrons. The summed E-state index contributed by atoms with van der Waals surface area (Å²) in [4.78, 5) is 9.44. The first kappa shape index (κ1) is 18.8. The number of hydrogen-bond acceptors (Lipinski definition) is 5. The van der Waals surface area contributed by atoms with E-state index in [4.69, 9.17) is 16.6 Å². The monoisotopic (exact) mass is 431 g/mol. The Bertz CT molecular complexity index is 1110. The molecule has 0 saturated heterocycles. The van der Waals surface area contributed by atoms with Crippen LogP contribution in [-0.2, 0) is 10.0 Å². The number of benzene rings is 1. The fourth-order valence-electron chi connectivity index (χ4n) is 4.68. The Balaban J connectivity index is 1.38. The number of rotatable bonds is 4. The van der Waals surface area contributed by atoms with Crippen molar-refractivity contribution >= 4 is 27.8 Å². The van der Waals surface area contributed by atoms with Crippen LogP contribution in [0, 0.1) is 5.92 Å². The molecule has 3 aliphatic rings. The average Bonchev–Trinajstić information content (AvgIpc) is 3.38. The molecule has 7 nitrogen and oxygen atoms in total. The molecule has 0 spiro atoms. The molecule has 1 aromatic carbocycles. The molecular weight excluding hydrogens is 410 g/mol. The van der Waals surface area contributed by atoms with Gasteiger partial charge in [0.2, 0.25) is 10.0 Å². The molecule has 2 unspecified atom stereocenters. The maximum atomic E-state index is 12.8. The summed E-state index contributed by atoms with van der Waals surface area (Å²) >= 11 is 5.97. The van der Waals surface area contributed by atoms with Gasteiger partial charge in [0.05, 0.1) is 22.8 Å². The van der Waals surface area contributed by atoms with Gasteiger partial charge in [0, 0.05) is 23.2 Å². The van der Waals surface area contributed by atoms with Crippen LogP contribution < -0.4 is 10.0 Å². The molecule has 1 fully saturated rings. The van der Waals surface area contributed by atoms with Crippen molar-refractivity contribution in [1.29, 1.82) is 0 Å². The highest BCUT2D eigenvalue weighted by molar-refractivity contribution is 7.89. The van der Waals surface area contributed by atoms with Crippen LogP contribution in [-0.4, -0.2) is 36.4 Å². The highest BCUT2D eigenvalue weighted by Gasteiger charge is 2.40. The summed E-state index contributed by atoms with van der Waals surface area (Å²) in [6.45, 7) is 2.16. The smallest absolute Gasteiger partial charge is 0.240 e. The number of aliphatic imine (C=N–C) groups is 1. The molecule has 29 heavy (non-hydrogen) atoms. The minimum atomic E-state index is -3.62. The maximum absolute atomic E-state index is 12.8. The highest BCUT2D eigenvalue weighted by Crippen LogP contribution is 2.41. The first-order valence-electron chi connectivity index (χ1n) is 9.73. The quantitative estimate of drug-likeness (QED) is 0.779. The molecule has 1 aliphatic carbocycles. The van der Waals surface area contributed by atoms with Crippen molar-refractivity contribution in [3.8, 4) is 0 Å². The summed E-state index contributed by atoms with van der Waals surface area (Å²) in [5, 5.41) is 3.66. The topological polar surface area (TPSA) is 88.4 Å². The SMILES string of the molecule is C[C@@H]1C[C@H](NS(=O)(=O)c2cccc(Cl)c2)C[C@@H]1c1ncc2n1C1C=CNC1N=C2. The van der Waals surface area contributed by atoms with Crippen molar-refractivity contribution in [3.05, 3.63) is 59.3 Å². The third-order valence-corrected chi connectivity index (χ3v) is 7.80. The van der Waals surface area contributed by atoms with Crippen molar-refractivity contribution in [2.75, 3.05) is 0 Å². The molecule has 5 rings (SSSR count). The van der Waals surface area contributed by atoms with E-state index < -0.39 is 10.0 Å². The van der Waals surface area contributed by atoms with Crippen LogP contribution in [0.4, 0.5) is 0 Å². The van der Waals surface area contributed by atoms with Crippen LogP contribution in [0.25, 0.3) is 0 Å². The lowest BCUT2D eigenvalue weighted by Crippen LogP contribution is -2.33. The number of nitrogens with zero attached hydrogens (tertiary/aromatic N) is 3. The summed E-state index contributed by atoms with van der Waals surface area (Å²) < 4.78 is 30.7. The Kier molecular flexibility index (Phi) is 4.53. The molecule has 9 heteroatoms. The Hall–Kier alpha value is -2.16. The Labute approximate surface area is 174 Å². The fourth-order valence-corrected chi connectivity index (χ4v) is 6.24. The summed E-state index contributed by atoms with van der Waals surface area (Å²) in [5.74, 6) is 1.49. The van der Waals surface area contributed by atoms with E-state index in [1.807, 2.05) is 18.6 Å². The Morgan fingerprint density at radius 3 is 3.00 bits per heavy atom. The average molecular weight is 432 g/mol. The Morgan fingerprint density at radius 1 is 1.31 bits per heavy atom. The van der Waals surface area contributed by atoms with E-state index in [2.05, 4.69) is 32.6 Å². The molecule has 0 bridgehead atoms. The summed E-state index contributed by atoms with van der Waals surface area (Å²) in [6.07, 6.45) is 9.24. The lowest BCUT2D eigenvalue weighted by molar-refractivity contribution is 0.421. The number of halogens is 1. The standard InChI is InChI=1S/C20H22ClN5O2S/c1-12-7-14(25-29(27,28)16-4-2-3-13(21)8-16)9-17(12)20-24-11-15-10-23-19-18(26(15)20)5-6-22-19/h2-6,8,10-12,14,17-19,22,25H,7,9H2,1H3/t12-,14+,17+,18?,19?/m1/s1. The third-order valence-electron chi connectivity index (χ3n) is 6.05. The molecule has 0 radical (unpaired) electrons. The molecule has 3 heterocycles. The minimum absolute atomic E-state index is 0.00397. The maximum Gasteiger partial charge on any atom is 0.240 e. The van der Waals surface area contributed by atoms with Gasteiger partial charge in [-0.05, 0) is 49.2 Å². The van der Waals surface area contributed by atoms with E-state index in [1.54, 1.807) is 18.2 Å². The van der Waals surface area contributed by atoms with Crippen molar-refractivity contribution in [3.63, 3.8) is 0 Å². The second kappa shape index (κ2) is 6.97. The summed E-state index contributed by atoms with van der Waals surface area (Å²) in [7, 11) is -3.62. The van der Waals surface area contributed by atoms with Gasteiger partial charge in [0.25, 0.3) is 0 Å². The largest absolute Gasteiger partial charge is 0.368 e. The second-order valence-corrected chi connectivity index (χ2v) is 10.1. The van der Waals surface area contributed by atoms with Crippen molar-refractivity contribution in [2.45, 2.75) is 48.8 Å². The molecule has 2 aromatic rings. The number of sulfonamides is 1. The van der Waals surface area contributed by atoms with Gasteiger partial charge in [-0.1, -0.05) is 24.6 Å². The lowest BCUT2D eigenvalue weighted by Gasteiger charge is -2.27. The van der Waals surface area contributed by atoms with Gasteiger partial charge in [-0.25, -0.2) is 18.1 Å². The summed E-state index contributed by atoms with van der Waals surface area (Å²) in [5.41, 5.74) is 0.991. The first-order valence-corrected chi connectivity index (χ1v) is 11.6. The Morgan fingerprint density at radius 2 is 2.17 bits per heavy atom. The van der Waals surface area contributed by atoms with Gasteiger partial charge in [-0.15, -0.1) is 0 Å². The van der Waals surface area contributed by atoms with E-state index >= 15 is 0 Å². The zero-order chi connectivity index (χ0) is 20.2. The van der Waals surface area contributed by atoms with E-state index in [0.717, 1.165) is 17.9 Å². The lowest BCUT2D eigenvalue weighted by atomic mass is 9.96. The molecule has 5 atom stereocenters. The van der Waals surface area contributed by atoms with Gasteiger partial charge >= 0.3 is 0 Å². The zero-order valence-corrected chi connectivity index (χ0v) is 17.4. The predicted octanol–water partition coefficient (Wildman–Crippen LogP) is 2.81. The van der Waals surface area contributed by atoms with Gasteiger partial charge in [0.15, 0.2) is 0 Å². The van der Waals surface area contributed by atoms with Crippen molar-refractivity contribution < 1.29 is 8.42 Å². The van der Waals surface area contributed by atoms with E-state index in [0.29, 0.717) is 17.4 Å². The van der Waals surface area contributed by atoms with Crippen LogP contribution >= 0.6 is 11.6 Å². The number of fused-ring (bicyclic) bond motifs is 3. The zero-order valence-electron chi connectivity index (χ0n) is 15.9. The summed E-state index contributed by atoms with van der Waals surface area (Å²) in [6, 6.07) is 6.32. The van der Waals surface area contributed by atoms with E-state index in [1.165, 1.54) is 6.07 Å². The molecule has 1 aromatic heterocycles. The van der Waals surface area contributed by atoms with Gasteiger partial charge < -0.3 is 9.88 Å². The number of imidazole rings is 1. The molecular formula is C20H22ClN5O2S. The number of hydrogen-bond donors (Lipinski definition) is 2. The first-order chi connectivity index (χ1) is 13.9. The molecule has 2 N–H and O–H groups in total. The minimum Gasteiger partial charge on any atom is -0.368 e. The normalized spacial score (nSPS) is 30.2. The van der Waals surface area contributed by atoms with Gasteiger partial charge in [0.1, 0.15) is 12.0 Å². The van der Waals surface area contributed by atoms with Gasteiger partial charge in [-0.2, -0.15) is 0 Å². The third kappa shape index (κ3) is 3.29. The predicted molar refractivity (Wildman–Crippen MR) is 112 cm³/mol. The van der Waals surface area contributed by atoms with Crippen molar-refractivity contribution in [1.82, 2.24) is 19.6 Å². The molecule has 2 aliphatic heterocycles. The fraction of sp³-hybridized carbons (Fsp3) is 0.400. The number of nitrogens with one attached hydrogen (secondary N) is 2.